The number of morpholine rings is 1. The Morgan fingerprint density at radius 1 is 0.830 bits per heavy atom. The summed E-state index contributed by atoms with van der Waals surface area (Å²) in [5, 5.41) is 8.28. The van der Waals surface area contributed by atoms with Crippen LogP contribution in [0.15, 0.2) is 109 Å². The van der Waals surface area contributed by atoms with Crippen LogP contribution in [0.1, 0.15) is 55.9 Å². The van der Waals surface area contributed by atoms with Crippen LogP contribution in [0.25, 0.3) is 22.2 Å². The van der Waals surface area contributed by atoms with Crippen LogP contribution in [0.4, 0.5) is 5.69 Å². The maximum Gasteiger partial charge on any atom is 0.260 e. The second kappa shape index (κ2) is 14.5. The number of fused-ring (bicyclic) bond motifs is 3. The number of aromatic amines is 1. The molecule has 1 atom stereocenters. The van der Waals surface area contributed by atoms with E-state index < -0.39 is 0 Å². The van der Waals surface area contributed by atoms with E-state index in [0.29, 0.717) is 24.2 Å². The van der Waals surface area contributed by atoms with Gasteiger partial charge in [-0.3, -0.25) is 19.6 Å². The molecular formula is C44H44N6O3. The molecule has 2 aromatic heterocycles. The highest BCUT2D eigenvalue weighted by molar-refractivity contribution is 6.09. The third kappa shape index (κ3) is 6.55. The van der Waals surface area contributed by atoms with Gasteiger partial charge in [-0.1, -0.05) is 72.8 Å². The number of nitrogens with zero attached hydrogens (tertiary/aromatic N) is 5. The van der Waals surface area contributed by atoms with Gasteiger partial charge in [0.15, 0.2) is 0 Å². The summed E-state index contributed by atoms with van der Waals surface area (Å²) < 4.78 is 7.95. The Morgan fingerprint density at radius 2 is 1.62 bits per heavy atom. The van der Waals surface area contributed by atoms with Crippen molar-refractivity contribution in [2.75, 3.05) is 37.7 Å². The lowest BCUT2D eigenvalue weighted by Gasteiger charge is -2.40. The zero-order chi connectivity index (χ0) is 35.7. The van der Waals surface area contributed by atoms with E-state index in [0.717, 1.165) is 104 Å². The fourth-order valence-electron chi connectivity index (χ4n) is 8.49. The number of aromatic nitrogens is 3. The summed E-state index contributed by atoms with van der Waals surface area (Å²) in [7, 11) is 0. The molecule has 5 heterocycles. The van der Waals surface area contributed by atoms with Crippen LogP contribution in [-0.4, -0.2) is 75.3 Å². The van der Waals surface area contributed by atoms with Crippen molar-refractivity contribution in [1.29, 1.82) is 0 Å². The Balaban J connectivity index is 1.10. The first kappa shape index (κ1) is 33.3. The predicted octanol–water partition coefficient (Wildman–Crippen LogP) is 7.11. The fourth-order valence-corrected chi connectivity index (χ4v) is 8.49. The second-order valence-electron chi connectivity index (χ2n) is 14.5. The Morgan fingerprint density at radius 3 is 2.49 bits per heavy atom. The minimum absolute atomic E-state index is 0.0335. The topological polar surface area (TPSA) is 86.7 Å². The first-order valence-corrected chi connectivity index (χ1v) is 18.9. The lowest BCUT2D eigenvalue weighted by atomic mass is 9.92. The average Bonchev–Trinajstić information content (AvgIpc) is 3.85. The number of hydrogen-bond acceptors (Lipinski definition) is 5. The van der Waals surface area contributed by atoms with Crippen LogP contribution in [-0.2, 0) is 37.2 Å². The molecule has 4 aromatic carbocycles. The van der Waals surface area contributed by atoms with E-state index in [2.05, 4.69) is 73.1 Å². The van der Waals surface area contributed by atoms with E-state index in [1.54, 1.807) is 6.20 Å². The summed E-state index contributed by atoms with van der Waals surface area (Å²) in [6.07, 6.45) is 5.46. The molecule has 0 aliphatic carbocycles. The van der Waals surface area contributed by atoms with E-state index in [9.17, 15) is 9.59 Å². The third-order valence-electron chi connectivity index (χ3n) is 11.3. The Kier molecular flexibility index (Phi) is 9.11. The first-order chi connectivity index (χ1) is 26.1. The van der Waals surface area contributed by atoms with E-state index in [4.69, 9.17) is 4.74 Å². The van der Waals surface area contributed by atoms with Crippen LogP contribution in [0.5, 0.6) is 0 Å². The molecule has 2 amide bonds. The molecule has 0 saturated carbocycles. The van der Waals surface area contributed by atoms with E-state index in [1.807, 2.05) is 59.5 Å². The zero-order valence-corrected chi connectivity index (χ0v) is 29.9. The molecule has 9 nitrogen and oxygen atoms in total. The quantitative estimate of drug-likeness (QED) is 0.183. The number of carbonyl (C=O) groups excluding carboxylic acids is 2. The van der Waals surface area contributed by atoms with Gasteiger partial charge in [-0.25, -0.2) is 0 Å². The van der Waals surface area contributed by atoms with Gasteiger partial charge in [0, 0.05) is 72.4 Å². The fraction of sp³-hybridized carbons (Fsp3) is 0.295. The van der Waals surface area contributed by atoms with Gasteiger partial charge < -0.3 is 19.1 Å². The van der Waals surface area contributed by atoms with Gasteiger partial charge >= 0.3 is 0 Å². The van der Waals surface area contributed by atoms with Crippen molar-refractivity contribution in [2.24, 2.45) is 0 Å². The molecule has 9 heteroatoms. The lowest BCUT2D eigenvalue weighted by molar-refractivity contribution is 0.0193. The molecule has 1 unspecified atom stereocenters. The second-order valence-corrected chi connectivity index (χ2v) is 14.5. The third-order valence-corrected chi connectivity index (χ3v) is 11.3. The Bertz CT molecular complexity index is 2270. The van der Waals surface area contributed by atoms with Crippen molar-refractivity contribution in [3.05, 3.63) is 143 Å². The summed E-state index contributed by atoms with van der Waals surface area (Å²) in [6.45, 7) is 5.81. The number of ether oxygens (including phenoxy) is 1. The first-order valence-electron chi connectivity index (χ1n) is 18.9. The van der Waals surface area contributed by atoms with Gasteiger partial charge in [0.25, 0.3) is 11.8 Å². The number of anilines is 1. The van der Waals surface area contributed by atoms with E-state index in [1.165, 1.54) is 11.1 Å². The largest absolute Gasteiger partial charge is 0.379 e. The molecule has 0 radical (unpaired) electrons. The number of hydrogen-bond donors (Lipinski definition) is 1. The van der Waals surface area contributed by atoms with Gasteiger partial charge in [0.1, 0.15) is 0 Å². The number of H-pyrrole nitrogens is 1. The minimum Gasteiger partial charge on any atom is -0.379 e. The molecular weight excluding hydrogens is 661 g/mol. The summed E-state index contributed by atoms with van der Waals surface area (Å²) in [6, 6.07) is 34.8. The molecule has 1 saturated heterocycles. The molecule has 3 aliphatic rings. The standard InChI is InChI=1S/C44H44N6O3/c51-43(50-29-34-13-5-4-12-32(34)24-36(50)30-47-20-22-53-23-21-47)38-15-7-6-14-37(38)42-26-39(41-16-8-9-19-48(41)42)44(52)49(28-31-10-2-1-3-11-31)35-18-17-33-27-45-46-40(33)25-35/h1-7,10-15,17-18,25-27,36H,8-9,16,19-24,28-30H2,(H,45,46). The van der Waals surface area contributed by atoms with Crippen molar-refractivity contribution in [3.63, 3.8) is 0 Å². The molecule has 3 aliphatic heterocycles. The van der Waals surface area contributed by atoms with E-state index >= 15 is 0 Å². The number of benzene rings is 4. The number of amides is 2. The highest BCUT2D eigenvalue weighted by Gasteiger charge is 2.34. The van der Waals surface area contributed by atoms with Crippen LogP contribution >= 0.6 is 0 Å². The maximum atomic E-state index is 15.0. The van der Waals surface area contributed by atoms with Crippen LogP contribution in [0.2, 0.25) is 0 Å². The SMILES string of the molecule is O=C(c1cc(-c2ccccc2C(=O)N2Cc3ccccc3CC2CN2CCOCC2)n2c1CCCC2)N(Cc1ccccc1)c1ccc2cn[nH]c2c1. The van der Waals surface area contributed by atoms with Crippen LogP contribution in [0.3, 0.4) is 0 Å². The van der Waals surface area contributed by atoms with Crippen LogP contribution < -0.4 is 4.90 Å². The molecule has 268 valence electrons. The molecule has 1 fully saturated rings. The van der Waals surface area contributed by atoms with Gasteiger partial charge in [-0.15, -0.1) is 0 Å². The summed E-state index contributed by atoms with van der Waals surface area (Å²) in [5.41, 5.74) is 9.47. The Labute approximate surface area is 309 Å². The average molecular weight is 705 g/mol. The van der Waals surface area contributed by atoms with Crippen LogP contribution in [0, 0.1) is 0 Å². The van der Waals surface area contributed by atoms with Crippen molar-refractivity contribution >= 4 is 28.4 Å². The molecule has 0 spiro atoms. The highest BCUT2D eigenvalue weighted by Crippen LogP contribution is 2.36. The molecule has 1 N–H and O–H groups in total. The number of rotatable bonds is 8. The summed E-state index contributed by atoms with van der Waals surface area (Å²) in [5.74, 6) is -0.0159. The van der Waals surface area contributed by atoms with Gasteiger partial charge in [-0.05, 0) is 72.7 Å². The molecule has 0 bridgehead atoms. The van der Waals surface area contributed by atoms with Crippen molar-refractivity contribution < 1.29 is 14.3 Å². The monoisotopic (exact) mass is 704 g/mol. The van der Waals surface area contributed by atoms with E-state index in [-0.39, 0.29) is 17.9 Å². The lowest BCUT2D eigenvalue weighted by Crippen LogP contribution is -2.52. The highest BCUT2D eigenvalue weighted by atomic mass is 16.5. The van der Waals surface area contributed by atoms with Gasteiger partial charge in [-0.2, -0.15) is 5.10 Å². The summed E-state index contributed by atoms with van der Waals surface area (Å²) in [4.78, 5) is 36.3. The van der Waals surface area contributed by atoms with Crippen molar-refractivity contribution in [3.8, 4) is 11.3 Å². The predicted molar refractivity (Wildman–Crippen MR) is 207 cm³/mol. The Hall–Kier alpha value is -5.51. The molecule has 53 heavy (non-hydrogen) atoms. The maximum absolute atomic E-state index is 15.0. The van der Waals surface area contributed by atoms with Crippen molar-refractivity contribution in [2.45, 2.75) is 51.4 Å². The minimum atomic E-state index is -0.0494. The number of nitrogens with one attached hydrogen (secondary N) is 1. The smallest absolute Gasteiger partial charge is 0.260 e. The normalized spacial score (nSPS) is 17.4. The zero-order valence-electron chi connectivity index (χ0n) is 29.9. The molecule has 6 aromatic rings. The van der Waals surface area contributed by atoms with Crippen molar-refractivity contribution in [1.82, 2.24) is 24.6 Å². The van der Waals surface area contributed by atoms with Gasteiger partial charge in [0.05, 0.1) is 37.0 Å². The summed E-state index contributed by atoms with van der Waals surface area (Å²) >= 11 is 0. The number of carbonyl (C=O) groups is 2. The molecule has 9 rings (SSSR count). The van der Waals surface area contributed by atoms with Gasteiger partial charge in [0.2, 0.25) is 0 Å².